The summed E-state index contributed by atoms with van der Waals surface area (Å²) >= 11 is 3.53. The van der Waals surface area contributed by atoms with E-state index in [0.29, 0.717) is 23.8 Å². The van der Waals surface area contributed by atoms with Crippen LogP contribution in [0, 0.1) is 5.92 Å². The number of hydroxylamine groups is 1. The Hall–Kier alpha value is -3.36. The van der Waals surface area contributed by atoms with Crippen LogP contribution in [0.1, 0.15) is 24.9 Å². The predicted molar refractivity (Wildman–Crippen MR) is 135 cm³/mol. The number of anilines is 2. The number of carbonyl (C=O) groups is 2. The quantitative estimate of drug-likeness (QED) is 0.382. The Morgan fingerprint density at radius 2 is 1.69 bits per heavy atom. The molecule has 5 rings (SSSR count). The highest BCUT2D eigenvalue weighted by Gasteiger charge is 2.60. The molecule has 0 N–H and O–H groups in total. The molecule has 2 aliphatic rings. The lowest BCUT2D eigenvalue weighted by molar-refractivity contribution is -0.126. The monoisotopic (exact) mass is 536 g/mol. The average molecular weight is 537 g/mol. The van der Waals surface area contributed by atoms with Crippen molar-refractivity contribution in [3.05, 3.63) is 82.8 Å². The van der Waals surface area contributed by atoms with Gasteiger partial charge in [-0.3, -0.25) is 14.4 Å². The Morgan fingerprint density at radius 1 is 0.943 bits per heavy atom. The molecule has 35 heavy (non-hydrogen) atoms. The first-order valence-electron chi connectivity index (χ1n) is 11.5. The molecule has 0 spiro atoms. The molecule has 0 radical (unpaired) electrons. The number of ether oxygens (including phenoxy) is 2. The van der Waals surface area contributed by atoms with E-state index in [9.17, 15) is 9.59 Å². The second-order valence-electron chi connectivity index (χ2n) is 8.40. The van der Waals surface area contributed by atoms with Crippen molar-refractivity contribution in [2.75, 3.05) is 23.7 Å². The van der Waals surface area contributed by atoms with Crippen molar-refractivity contribution >= 4 is 39.1 Å². The van der Waals surface area contributed by atoms with Crippen molar-refractivity contribution in [1.82, 2.24) is 0 Å². The fraction of sp³-hybridized carbons (Fsp3) is 0.259. The number of amides is 2. The molecule has 0 bridgehead atoms. The van der Waals surface area contributed by atoms with Gasteiger partial charge in [0.1, 0.15) is 17.4 Å². The first-order valence-corrected chi connectivity index (χ1v) is 12.3. The number of benzene rings is 3. The van der Waals surface area contributed by atoms with Gasteiger partial charge in [-0.25, -0.2) is 9.96 Å². The number of rotatable bonds is 7. The number of methoxy groups -OCH3 is 1. The Bertz CT molecular complexity index is 1230. The van der Waals surface area contributed by atoms with E-state index in [4.69, 9.17) is 14.3 Å². The lowest BCUT2D eigenvalue weighted by Gasteiger charge is -2.29. The van der Waals surface area contributed by atoms with Crippen molar-refractivity contribution in [3.8, 4) is 11.5 Å². The molecule has 8 heteroatoms. The summed E-state index contributed by atoms with van der Waals surface area (Å²) in [7, 11) is 1.59. The van der Waals surface area contributed by atoms with E-state index in [2.05, 4.69) is 15.9 Å². The van der Waals surface area contributed by atoms with E-state index in [-0.39, 0.29) is 11.8 Å². The third-order valence-electron chi connectivity index (χ3n) is 6.20. The minimum absolute atomic E-state index is 0.312. The third-order valence-corrected chi connectivity index (χ3v) is 6.70. The lowest BCUT2D eigenvalue weighted by Crippen LogP contribution is -2.37. The van der Waals surface area contributed by atoms with Crippen molar-refractivity contribution in [2.24, 2.45) is 5.92 Å². The topological polar surface area (TPSA) is 68.3 Å². The van der Waals surface area contributed by atoms with E-state index < -0.39 is 18.1 Å². The molecule has 0 aliphatic carbocycles. The summed E-state index contributed by atoms with van der Waals surface area (Å²) in [5, 5.41) is 1.66. The van der Waals surface area contributed by atoms with Crippen LogP contribution in [0.3, 0.4) is 0 Å². The summed E-state index contributed by atoms with van der Waals surface area (Å²) in [6.45, 7) is 2.63. The van der Waals surface area contributed by atoms with Crippen molar-refractivity contribution in [3.63, 3.8) is 0 Å². The minimum atomic E-state index is -0.951. The Labute approximate surface area is 212 Å². The maximum Gasteiger partial charge on any atom is 0.266 e. The molecule has 3 atom stereocenters. The molecular formula is C27H25BrN2O5. The molecule has 3 aromatic rings. The molecule has 0 unspecified atom stereocenters. The van der Waals surface area contributed by atoms with Crippen LogP contribution in [-0.2, 0) is 14.4 Å². The first kappa shape index (κ1) is 23.4. The van der Waals surface area contributed by atoms with Gasteiger partial charge in [-0.2, -0.15) is 0 Å². The van der Waals surface area contributed by atoms with E-state index in [0.717, 1.165) is 22.1 Å². The van der Waals surface area contributed by atoms with Gasteiger partial charge in [-0.05, 0) is 61.0 Å². The number of hydrogen-bond donors (Lipinski definition) is 0. The summed E-state index contributed by atoms with van der Waals surface area (Å²) in [5.41, 5.74) is 2.00. The number of imide groups is 1. The van der Waals surface area contributed by atoms with Gasteiger partial charge in [0.05, 0.1) is 31.1 Å². The van der Waals surface area contributed by atoms with Gasteiger partial charge in [-0.1, -0.05) is 41.1 Å². The van der Waals surface area contributed by atoms with Crippen LogP contribution in [0.25, 0.3) is 0 Å². The highest BCUT2D eigenvalue weighted by atomic mass is 79.9. The zero-order valence-electron chi connectivity index (χ0n) is 19.4. The summed E-state index contributed by atoms with van der Waals surface area (Å²) < 4.78 is 12.1. The standard InChI is InChI=1S/C27H25BrN2O5/c1-3-15-34-20-12-10-18(11-13-20)29-26(31)23-24(21-16-17(28)9-14-22(21)33-2)30(35-25(23)27(29)32)19-7-5-4-6-8-19/h4-14,16,23-25H,3,15H2,1-2H3/t23-,24-,25+/m0/s1. The number of fused-ring (bicyclic) bond motifs is 1. The normalized spacial score (nSPS) is 21.4. The molecule has 7 nitrogen and oxygen atoms in total. The van der Waals surface area contributed by atoms with Crippen molar-refractivity contribution in [1.29, 1.82) is 0 Å². The highest BCUT2D eigenvalue weighted by Crippen LogP contribution is 2.50. The zero-order chi connectivity index (χ0) is 24.5. The van der Waals surface area contributed by atoms with Crippen LogP contribution in [0.4, 0.5) is 11.4 Å². The Morgan fingerprint density at radius 3 is 2.37 bits per heavy atom. The summed E-state index contributed by atoms with van der Waals surface area (Å²) in [6.07, 6.45) is -0.0587. The number of para-hydroxylation sites is 1. The van der Waals surface area contributed by atoms with Crippen molar-refractivity contribution in [2.45, 2.75) is 25.5 Å². The van der Waals surface area contributed by atoms with Crippen LogP contribution in [-0.4, -0.2) is 31.6 Å². The van der Waals surface area contributed by atoms with Gasteiger partial charge in [0.2, 0.25) is 5.91 Å². The molecule has 2 fully saturated rings. The predicted octanol–water partition coefficient (Wildman–Crippen LogP) is 5.30. The van der Waals surface area contributed by atoms with Crippen molar-refractivity contribution < 1.29 is 23.9 Å². The van der Waals surface area contributed by atoms with Gasteiger partial charge in [-0.15, -0.1) is 0 Å². The minimum Gasteiger partial charge on any atom is -0.496 e. The van der Waals surface area contributed by atoms with Gasteiger partial charge in [0.15, 0.2) is 6.10 Å². The highest BCUT2D eigenvalue weighted by molar-refractivity contribution is 9.10. The number of hydrogen-bond acceptors (Lipinski definition) is 6. The summed E-state index contributed by atoms with van der Waals surface area (Å²) in [6, 6.07) is 21.5. The second-order valence-corrected chi connectivity index (χ2v) is 9.31. The number of halogens is 1. The molecule has 3 aromatic carbocycles. The van der Waals surface area contributed by atoms with Gasteiger partial charge < -0.3 is 9.47 Å². The van der Waals surface area contributed by atoms with E-state index in [1.54, 1.807) is 36.4 Å². The number of nitrogens with zero attached hydrogens (tertiary/aromatic N) is 2. The fourth-order valence-electron chi connectivity index (χ4n) is 4.63. The molecule has 2 aliphatic heterocycles. The van der Waals surface area contributed by atoms with Crippen LogP contribution < -0.4 is 19.4 Å². The maximum absolute atomic E-state index is 13.8. The maximum atomic E-state index is 13.8. The van der Waals surface area contributed by atoms with Crippen LogP contribution >= 0.6 is 15.9 Å². The van der Waals surface area contributed by atoms with E-state index in [1.165, 1.54) is 4.90 Å². The van der Waals surface area contributed by atoms with Gasteiger partial charge in [0.25, 0.3) is 5.91 Å². The molecule has 0 aromatic heterocycles. The Kier molecular flexibility index (Phi) is 6.49. The van der Waals surface area contributed by atoms with Gasteiger partial charge >= 0.3 is 0 Å². The van der Waals surface area contributed by atoms with Crippen LogP contribution in [0.5, 0.6) is 11.5 Å². The lowest BCUT2D eigenvalue weighted by atomic mass is 9.90. The molecule has 2 amide bonds. The third kappa shape index (κ3) is 4.17. The molecule has 0 saturated carbocycles. The largest absolute Gasteiger partial charge is 0.496 e. The Balaban J connectivity index is 1.54. The molecular weight excluding hydrogens is 512 g/mol. The van der Waals surface area contributed by atoms with E-state index in [1.807, 2.05) is 55.5 Å². The second kappa shape index (κ2) is 9.71. The fourth-order valence-corrected chi connectivity index (χ4v) is 5.01. The molecule has 2 saturated heterocycles. The first-order chi connectivity index (χ1) is 17.0. The smallest absolute Gasteiger partial charge is 0.266 e. The summed E-state index contributed by atoms with van der Waals surface area (Å²) in [4.78, 5) is 34.8. The van der Waals surface area contributed by atoms with Gasteiger partial charge in [0, 0.05) is 10.0 Å². The van der Waals surface area contributed by atoms with Crippen LogP contribution in [0.2, 0.25) is 0 Å². The average Bonchev–Trinajstić information content (AvgIpc) is 3.39. The molecule has 2 heterocycles. The van der Waals surface area contributed by atoms with Crippen LogP contribution in [0.15, 0.2) is 77.3 Å². The van der Waals surface area contributed by atoms with E-state index >= 15 is 0 Å². The number of carbonyl (C=O) groups excluding carboxylic acids is 2. The zero-order valence-corrected chi connectivity index (χ0v) is 21.0. The SMILES string of the molecule is CCCOc1ccc(N2C(=O)[C@@H]3[C@@H](ON(c4ccccc4)[C@H]3c3cc(Br)ccc3OC)C2=O)cc1. The summed E-state index contributed by atoms with van der Waals surface area (Å²) in [5.74, 6) is -0.146. The molecule has 180 valence electrons.